The van der Waals surface area contributed by atoms with E-state index in [1.165, 1.54) is 23.9 Å². The van der Waals surface area contributed by atoms with Crippen LogP contribution in [0, 0.1) is 0 Å². The van der Waals surface area contributed by atoms with Gasteiger partial charge in [-0.15, -0.1) is 0 Å². The number of hydrogen-bond donors (Lipinski definition) is 7. The number of thioether (sulfide) groups is 2. The monoisotopic (exact) mass is 629 g/mol. The first-order chi connectivity index (χ1) is 20.6. The fourth-order valence-corrected chi connectivity index (χ4v) is 5.46. The van der Waals surface area contributed by atoms with Crippen LogP contribution in [-0.4, -0.2) is 87.1 Å². The highest BCUT2D eigenvalue weighted by Gasteiger charge is 2.31. The van der Waals surface area contributed by atoms with Gasteiger partial charge in [0.25, 0.3) is 0 Å². The van der Waals surface area contributed by atoms with Crippen molar-refractivity contribution in [3.05, 3.63) is 65.9 Å². The number of aromatic amines is 1. The van der Waals surface area contributed by atoms with Crippen LogP contribution in [0.3, 0.4) is 0 Å². The van der Waals surface area contributed by atoms with Gasteiger partial charge in [0, 0.05) is 29.9 Å². The first-order valence-electron chi connectivity index (χ1n) is 13.8. The van der Waals surface area contributed by atoms with Crippen molar-refractivity contribution in [1.29, 1.82) is 0 Å². The Bertz CT molecular complexity index is 1380. The number of aromatic hydroxyl groups is 1. The molecule has 0 fully saturated rings. The quantitative estimate of drug-likeness (QED) is 0.117. The molecule has 3 aromatic rings. The molecule has 13 heteroatoms. The van der Waals surface area contributed by atoms with E-state index >= 15 is 0 Å². The normalized spacial score (nSPS) is 13.9. The van der Waals surface area contributed by atoms with Crippen LogP contribution in [-0.2, 0) is 32.0 Å². The SMILES string of the molecule is CSCCC(N)C(=O)NC(Cc1c[nH]c2ccccc12)C(=O)NC(CCSC)C(=O)NC(Cc1ccc(O)cc1)C(=O)O. The molecule has 0 bridgehead atoms. The van der Waals surface area contributed by atoms with Crippen molar-refractivity contribution in [3.8, 4) is 5.75 Å². The Morgan fingerprint density at radius 2 is 1.42 bits per heavy atom. The predicted molar refractivity (Wildman–Crippen MR) is 171 cm³/mol. The zero-order valence-electron chi connectivity index (χ0n) is 24.2. The molecule has 1 aromatic heterocycles. The van der Waals surface area contributed by atoms with E-state index in [1.54, 1.807) is 30.1 Å². The molecule has 0 aliphatic heterocycles. The van der Waals surface area contributed by atoms with Crippen LogP contribution in [0.4, 0.5) is 0 Å². The maximum Gasteiger partial charge on any atom is 0.326 e. The molecule has 4 atom stereocenters. The summed E-state index contributed by atoms with van der Waals surface area (Å²) in [6.45, 7) is 0. The number of phenols is 1. The van der Waals surface area contributed by atoms with E-state index in [0.29, 0.717) is 23.5 Å². The highest BCUT2D eigenvalue weighted by atomic mass is 32.2. The molecule has 3 rings (SSSR count). The summed E-state index contributed by atoms with van der Waals surface area (Å²) in [4.78, 5) is 55.2. The molecule has 0 aliphatic rings. The number of para-hydroxylation sites is 1. The second-order valence-corrected chi connectivity index (χ2v) is 12.1. The van der Waals surface area contributed by atoms with Crippen LogP contribution in [0.2, 0.25) is 0 Å². The van der Waals surface area contributed by atoms with E-state index in [-0.39, 0.29) is 25.0 Å². The van der Waals surface area contributed by atoms with E-state index in [4.69, 9.17) is 5.73 Å². The summed E-state index contributed by atoms with van der Waals surface area (Å²) in [5.74, 6) is -1.70. The van der Waals surface area contributed by atoms with Gasteiger partial charge in [0.2, 0.25) is 17.7 Å². The third-order valence-electron chi connectivity index (χ3n) is 6.94. The van der Waals surface area contributed by atoms with E-state index in [9.17, 15) is 29.4 Å². The van der Waals surface area contributed by atoms with Gasteiger partial charge in [-0.1, -0.05) is 30.3 Å². The number of benzene rings is 2. The molecule has 0 saturated carbocycles. The van der Waals surface area contributed by atoms with Gasteiger partial charge in [0.1, 0.15) is 23.9 Å². The number of H-pyrrole nitrogens is 1. The minimum atomic E-state index is -1.26. The summed E-state index contributed by atoms with van der Waals surface area (Å²) in [6, 6.07) is 9.46. The molecule has 0 spiro atoms. The number of phenolic OH excluding ortho intramolecular Hbond substituents is 1. The molecular formula is C30H39N5O6S2. The van der Waals surface area contributed by atoms with Crippen molar-refractivity contribution in [3.63, 3.8) is 0 Å². The largest absolute Gasteiger partial charge is 0.508 e. The van der Waals surface area contributed by atoms with Crippen LogP contribution >= 0.6 is 23.5 Å². The molecule has 0 radical (unpaired) electrons. The van der Waals surface area contributed by atoms with Gasteiger partial charge in [0.15, 0.2) is 0 Å². The minimum absolute atomic E-state index is 0.0161. The van der Waals surface area contributed by atoms with Crippen molar-refractivity contribution in [1.82, 2.24) is 20.9 Å². The number of amides is 3. The summed E-state index contributed by atoms with van der Waals surface area (Å²) in [5.41, 5.74) is 8.38. The average Bonchev–Trinajstić information content (AvgIpc) is 3.40. The zero-order valence-corrected chi connectivity index (χ0v) is 25.8. The van der Waals surface area contributed by atoms with Gasteiger partial charge in [-0.05, 0) is 66.2 Å². The highest BCUT2D eigenvalue weighted by molar-refractivity contribution is 7.98. The molecule has 2 aromatic carbocycles. The first-order valence-corrected chi connectivity index (χ1v) is 16.6. The number of carboxylic acids is 1. The Balaban J connectivity index is 1.80. The maximum atomic E-state index is 13.7. The number of aromatic nitrogens is 1. The molecule has 43 heavy (non-hydrogen) atoms. The zero-order chi connectivity index (χ0) is 31.4. The summed E-state index contributed by atoms with van der Waals surface area (Å²) in [5, 5.41) is 28.3. The lowest BCUT2D eigenvalue weighted by Gasteiger charge is -2.25. The van der Waals surface area contributed by atoms with Gasteiger partial charge >= 0.3 is 5.97 Å². The summed E-state index contributed by atoms with van der Waals surface area (Å²) in [7, 11) is 0. The summed E-state index contributed by atoms with van der Waals surface area (Å²) >= 11 is 3.04. The Labute approximate surface area is 259 Å². The molecule has 3 amide bonds. The van der Waals surface area contributed by atoms with Crippen LogP contribution in [0.25, 0.3) is 10.9 Å². The minimum Gasteiger partial charge on any atom is -0.508 e. The number of aliphatic carboxylic acids is 1. The Kier molecular flexibility index (Phi) is 13.2. The van der Waals surface area contributed by atoms with Gasteiger partial charge < -0.3 is 36.9 Å². The number of carbonyl (C=O) groups excluding carboxylic acids is 3. The third kappa shape index (κ3) is 10.2. The van der Waals surface area contributed by atoms with Gasteiger partial charge in [-0.3, -0.25) is 14.4 Å². The molecule has 11 nitrogen and oxygen atoms in total. The second-order valence-electron chi connectivity index (χ2n) is 10.1. The van der Waals surface area contributed by atoms with Crippen molar-refractivity contribution >= 4 is 58.1 Å². The van der Waals surface area contributed by atoms with Crippen LogP contribution < -0.4 is 21.7 Å². The molecule has 4 unspecified atom stereocenters. The number of carboxylic acid groups (broad SMARTS) is 1. The Hall–Kier alpha value is -3.68. The molecular weight excluding hydrogens is 590 g/mol. The average molecular weight is 630 g/mol. The Morgan fingerprint density at radius 1 is 0.814 bits per heavy atom. The van der Waals surface area contributed by atoms with Gasteiger partial charge in [-0.2, -0.15) is 23.5 Å². The molecule has 1 heterocycles. The number of rotatable bonds is 17. The predicted octanol–water partition coefficient (Wildman–Crippen LogP) is 2.03. The van der Waals surface area contributed by atoms with Crippen LogP contribution in [0.1, 0.15) is 24.0 Å². The molecule has 0 saturated heterocycles. The number of nitrogens with one attached hydrogen (secondary N) is 4. The number of fused-ring (bicyclic) bond motifs is 1. The molecule has 0 aliphatic carbocycles. The third-order valence-corrected chi connectivity index (χ3v) is 8.22. The van der Waals surface area contributed by atoms with Crippen molar-refractivity contribution in [2.75, 3.05) is 24.0 Å². The van der Waals surface area contributed by atoms with Crippen molar-refractivity contribution < 1.29 is 29.4 Å². The Morgan fingerprint density at radius 3 is 2.09 bits per heavy atom. The lowest BCUT2D eigenvalue weighted by Crippen LogP contribution is -2.58. The lowest BCUT2D eigenvalue weighted by molar-refractivity contribution is -0.142. The highest BCUT2D eigenvalue weighted by Crippen LogP contribution is 2.20. The summed E-state index contributed by atoms with van der Waals surface area (Å²) < 4.78 is 0. The first kappa shape index (κ1) is 33.8. The fourth-order valence-electron chi connectivity index (χ4n) is 4.50. The van der Waals surface area contributed by atoms with Crippen LogP contribution in [0.5, 0.6) is 5.75 Å². The molecule has 8 N–H and O–H groups in total. The van der Waals surface area contributed by atoms with E-state index < -0.39 is 47.9 Å². The van der Waals surface area contributed by atoms with Crippen LogP contribution in [0.15, 0.2) is 54.7 Å². The lowest BCUT2D eigenvalue weighted by atomic mass is 10.0. The second kappa shape index (κ2) is 16.8. The topological polar surface area (TPSA) is 187 Å². The maximum absolute atomic E-state index is 13.7. The standard InChI is InChI=1S/C30H39N5O6S2/c1-42-13-11-22(31)27(37)34-25(16-19-17-32-23-6-4-3-5-21(19)23)29(39)33-24(12-14-43-2)28(38)35-26(30(40)41)15-18-7-9-20(36)10-8-18/h3-10,17,22,24-26,32,36H,11-16,31H2,1-2H3,(H,33,39)(H,34,37)(H,35,38)(H,40,41). The van der Waals surface area contributed by atoms with Crippen molar-refractivity contribution in [2.45, 2.75) is 49.9 Å². The number of hydrogen-bond acceptors (Lipinski definition) is 8. The fraction of sp³-hybridized carbons (Fsp3) is 0.400. The van der Waals surface area contributed by atoms with Gasteiger partial charge in [0.05, 0.1) is 6.04 Å². The van der Waals surface area contributed by atoms with Crippen molar-refractivity contribution in [2.24, 2.45) is 5.73 Å². The molecule has 232 valence electrons. The van der Waals surface area contributed by atoms with Gasteiger partial charge in [-0.25, -0.2) is 4.79 Å². The smallest absolute Gasteiger partial charge is 0.326 e. The van der Waals surface area contributed by atoms with E-state index in [1.807, 2.05) is 36.8 Å². The summed E-state index contributed by atoms with van der Waals surface area (Å²) in [6.07, 6.45) is 6.36. The number of nitrogens with two attached hydrogens (primary N) is 1. The van der Waals surface area contributed by atoms with E-state index in [0.717, 1.165) is 16.5 Å². The van der Waals surface area contributed by atoms with E-state index in [2.05, 4.69) is 20.9 Å². The number of carbonyl (C=O) groups is 4.